The molecule has 0 radical (unpaired) electrons. The number of nitrogens with zero attached hydrogens (tertiary/aromatic N) is 2. The van der Waals surface area contributed by atoms with Crippen LogP contribution < -0.4 is 14.8 Å². The van der Waals surface area contributed by atoms with Gasteiger partial charge in [0.05, 0.1) is 31.4 Å². The summed E-state index contributed by atoms with van der Waals surface area (Å²) < 4.78 is 22.1. The molecule has 0 amide bonds. The van der Waals surface area contributed by atoms with Crippen molar-refractivity contribution in [3.8, 4) is 22.8 Å². The molecule has 0 N–H and O–H groups in total. The van der Waals surface area contributed by atoms with Gasteiger partial charge in [-0.1, -0.05) is 11.3 Å². The molecule has 170 valence electrons. The van der Waals surface area contributed by atoms with Crippen molar-refractivity contribution in [2.75, 3.05) is 14.2 Å². The standard InChI is InChI=1S/C25H24N2O5S/c1-14(2)31-24(28)23-15(3)26-25(33-23)27-20-13-22(16-6-8-17(29-4)9-7-16)32-21-11-10-18(30-5)12-19(20)21/h6-14H,1-5H3/b27-20+. The number of hydrogen-bond donors (Lipinski definition) is 0. The van der Waals surface area contributed by atoms with Crippen molar-refractivity contribution < 1.29 is 23.4 Å². The van der Waals surface area contributed by atoms with Gasteiger partial charge >= 0.3 is 5.97 Å². The third kappa shape index (κ3) is 4.90. The molecule has 0 aliphatic rings. The summed E-state index contributed by atoms with van der Waals surface area (Å²) in [5.74, 6) is 1.69. The minimum absolute atomic E-state index is 0.210. The second-order valence-corrected chi connectivity index (χ2v) is 8.54. The number of thiazole rings is 1. The van der Waals surface area contributed by atoms with Crippen LogP contribution in [0.5, 0.6) is 11.5 Å². The van der Waals surface area contributed by atoms with Crippen LogP contribution in [0.1, 0.15) is 29.2 Å². The molecule has 0 fully saturated rings. The zero-order valence-electron chi connectivity index (χ0n) is 19.0. The summed E-state index contributed by atoms with van der Waals surface area (Å²) in [6, 6.07) is 15.0. The number of carbonyl (C=O) groups excluding carboxylic acids is 1. The lowest BCUT2D eigenvalue weighted by Gasteiger charge is -2.07. The van der Waals surface area contributed by atoms with Crippen LogP contribution in [0.15, 0.2) is 57.9 Å². The molecule has 0 spiro atoms. The number of methoxy groups -OCH3 is 2. The molecule has 0 unspecified atom stereocenters. The van der Waals surface area contributed by atoms with E-state index in [0.29, 0.717) is 38.2 Å². The summed E-state index contributed by atoms with van der Waals surface area (Å²) in [5.41, 5.74) is 2.11. The molecule has 7 nitrogen and oxygen atoms in total. The van der Waals surface area contributed by atoms with E-state index in [-0.39, 0.29) is 6.10 Å². The SMILES string of the molecule is COc1ccc(-c2c/c(=N\c3nc(C)c(C(=O)OC(C)C)s3)c3cc(OC)ccc3o2)cc1. The molecule has 0 bridgehead atoms. The topological polar surface area (TPSA) is 83.2 Å². The van der Waals surface area contributed by atoms with Crippen LogP contribution in [-0.2, 0) is 4.74 Å². The van der Waals surface area contributed by atoms with Gasteiger partial charge in [-0.05, 0) is 63.2 Å². The van der Waals surface area contributed by atoms with Crippen molar-refractivity contribution in [3.05, 3.63) is 64.5 Å². The first kappa shape index (κ1) is 22.5. The number of aryl methyl sites for hydroxylation is 1. The number of fused-ring (bicyclic) bond motifs is 1. The molecule has 0 aliphatic carbocycles. The number of hydrogen-bond acceptors (Lipinski definition) is 8. The number of ether oxygens (including phenoxy) is 3. The molecule has 2 aromatic carbocycles. The van der Waals surface area contributed by atoms with Crippen LogP contribution in [0.2, 0.25) is 0 Å². The molecule has 4 aromatic rings. The Kier molecular flexibility index (Phi) is 6.46. The van der Waals surface area contributed by atoms with Gasteiger partial charge in [-0.25, -0.2) is 14.8 Å². The molecule has 0 atom stereocenters. The van der Waals surface area contributed by atoms with Crippen molar-refractivity contribution in [3.63, 3.8) is 0 Å². The highest BCUT2D eigenvalue weighted by Crippen LogP contribution is 2.29. The van der Waals surface area contributed by atoms with E-state index in [1.807, 2.05) is 62.4 Å². The Morgan fingerprint density at radius 3 is 2.39 bits per heavy atom. The van der Waals surface area contributed by atoms with Gasteiger partial charge in [-0.2, -0.15) is 0 Å². The van der Waals surface area contributed by atoms with Crippen LogP contribution in [0.25, 0.3) is 22.3 Å². The number of benzene rings is 2. The van der Waals surface area contributed by atoms with Crippen molar-refractivity contribution in [1.82, 2.24) is 4.98 Å². The van der Waals surface area contributed by atoms with Crippen molar-refractivity contribution in [2.45, 2.75) is 26.9 Å². The zero-order chi connectivity index (χ0) is 23.5. The van der Waals surface area contributed by atoms with E-state index in [9.17, 15) is 4.79 Å². The second-order valence-electron chi connectivity index (χ2n) is 7.56. The third-order valence-electron chi connectivity index (χ3n) is 4.85. The molecule has 8 heteroatoms. The first-order chi connectivity index (χ1) is 15.9. The van der Waals surface area contributed by atoms with E-state index in [0.717, 1.165) is 16.7 Å². The van der Waals surface area contributed by atoms with Crippen LogP contribution in [-0.4, -0.2) is 31.3 Å². The molecular weight excluding hydrogens is 440 g/mol. The highest BCUT2D eigenvalue weighted by molar-refractivity contribution is 7.17. The lowest BCUT2D eigenvalue weighted by atomic mass is 10.1. The van der Waals surface area contributed by atoms with E-state index in [4.69, 9.17) is 23.6 Å². The van der Waals surface area contributed by atoms with Crippen molar-refractivity contribution >= 4 is 33.4 Å². The Balaban J connectivity index is 1.87. The first-order valence-corrected chi connectivity index (χ1v) is 11.2. The van der Waals surface area contributed by atoms with Gasteiger partial charge in [0.15, 0.2) is 0 Å². The number of esters is 1. The smallest absolute Gasteiger partial charge is 0.350 e. The van der Waals surface area contributed by atoms with Crippen LogP contribution in [0.4, 0.5) is 5.13 Å². The highest BCUT2D eigenvalue weighted by atomic mass is 32.1. The van der Waals surface area contributed by atoms with Crippen LogP contribution in [0.3, 0.4) is 0 Å². The maximum atomic E-state index is 12.4. The number of carbonyl (C=O) groups is 1. The molecule has 4 rings (SSSR count). The van der Waals surface area contributed by atoms with E-state index >= 15 is 0 Å². The lowest BCUT2D eigenvalue weighted by molar-refractivity contribution is 0.0382. The fourth-order valence-electron chi connectivity index (χ4n) is 3.26. The average molecular weight is 465 g/mol. The summed E-state index contributed by atoms with van der Waals surface area (Å²) >= 11 is 1.20. The molecule has 0 saturated carbocycles. The monoisotopic (exact) mass is 464 g/mol. The zero-order valence-corrected chi connectivity index (χ0v) is 19.9. The number of rotatable bonds is 6. The van der Waals surface area contributed by atoms with E-state index in [1.54, 1.807) is 21.1 Å². The largest absolute Gasteiger partial charge is 0.497 e. The quantitative estimate of drug-likeness (QED) is 0.342. The maximum absolute atomic E-state index is 12.4. The summed E-state index contributed by atoms with van der Waals surface area (Å²) in [5, 5.41) is 1.88. The predicted molar refractivity (Wildman–Crippen MR) is 127 cm³/mol. The summed E-state index contributed by atoms with van der Waals surface area (Å²) in [4.78, 5) is 22.1. The Morgan fingerprint density at radius 1 is 1.03 bits per heavy atom. The Labute approximate surface area is 195 Å². The van der Waals surface area contributed by atoms with E-state index < -0.39 is 5.97 Å². The molecule has 0 aliphatic heterocycles. The van der Waals surface area contributed by atoms with Gasteiger partial charge in [0.25, 0.3) is 0 Å². The fourth-order valence-corrected chi connectivity index (χ4v) is 4.09. The average Bonchev–Trinajstić information content (AvgIpc) is 3.18. The van der Waals surface area contributed by atoms with Gasteiger partial charge in [0.2, 0.25) is 5.13 Å². The maximum Gasteiger partial charge on any atom is 0.350 e. The van der Waals surface area contributed by atoms with Gasteiger partial charge in [-0.3, -0.25) is 0 Å². The lowest BCUT2D eigenvalue weighted by Crippen LogP contribution is -2.11. The Morgan fingerprint density at radius 2 is 1.73 bits per heavy atom. The van der Waals surface area contributed by atoms with Crippen LogP contribution >= 0.6 is 11.3 Å². The third-order valence-corrected chi connectivity index (χ3v) is 5.89. The van der Waals surface area contributed by atoms with E-state index in [1.165, 1.54) is 11.3 Å². The molecular formula is C25H24N2O5S. The van der Waals surface area contributed by atoms with Crippen molar-refractivity contribution in [1.29, 1.82) is 0 Å². The molecule has 0 saturated heterocycles. The highest BCUT2D eigenvalue weighted by Gasteiger charge is 2.18. The molecule has 2 heterocycles. The summed E-state index contributed by atoms with van der Waals surface area (Å²) in [6.45, 7) is 5.40. The number of aromatic nitrogens is 1. The van der Waals surface area contributed by atoms with Crippen LogP contribution in [0, 0.1) is 6.92 Å². The van der Waals surface area contributed by atoms with Gasteiger partial charge in [0.1, 0.15) is 27.7 Å². The van der Waals surface area contributed by atoms with Gasteiger partial charge < -0.3 is 18.6 Å². The minimum Gasteiger partial charge on any atom is -0.497 e. The minimum atomic E-state index is -0.394. The van der Waals surface area contributed by atoms with Gasteiger partial charge in [-0.15, -0.1) is 0 Å². The molecule has 33 heavy (non-hydrogen) atoms. The normalized spacial score (nSPS) is 11.8. The summed E-state index contributed by atoms with van der Waals surface area (Å²) in [7, 11) is 3.23. The molecule has 2 aromatic heterocycles. The predicted octanol–water partition coefficient (Wildman–Crippen LogP) is 5.68. The summed E-state index contributed by atoms with van der Waals surface area (Å²) in [6.07, 6.45) is -0.210. The Bertz CT molecular complexity index is 1370. The second kappa shape index (κ2) is 9.46. The van der Waals surface area contributed by atoms with E-state index in [2.05, 4.69) is 4.98 Å². The first-order valence-electron chi connectivity index (χ1n) is 10.4. The van der Waals surface area contributed by atoms with Gasteiger partial charge in [0, 0.05) is 17.0 Å². The fraction of sp³-hybridized carbons (Fsp3) is 0.240. The Hall–Kier alpha value is -3.65. The van der Waals surface area contributed by atoms with Crippen molar-refractivity contribution in [2.24, 2.45) is 4.99 Å².